The van der Waals surface area contributed by atoms with Crippen LogP contribution in [-0.4, -0.2) is 42.5 Å². The van der Waals surface area contributed by atoms with E-state index in [-0.39, 0.29) is 17.9 Å². The molecule has 0 saturated heterocycles. The van der Waals surface area contributed by atoms with Gasteiger partial charge in [-0.1, -0.05) is 50.2 Å². The van der Waals surface area contributed by atoms with Crippen LogP contribution in [0, 0.1) is 5.92 Å². The Bertz CT molecular complexity index is 1040. The topological polar surface area (TPSA) is 78.3 Å². The average Bonchev–Trinajstić information content (AvgIpc) is 3.10. The number of hydrogen-bond donors (Lipinski definition) is 2. The first kappa shape index (κ1) is 22.8. The number of rotatable bonds is 10. The third kappa shape index (κ3) is 6.56. The number of benzene rings is 2. The second kappa shape index (κ2) is 10.4. The lowest BCUT2D eigenvalue weighted by molar-refractivity contribution is -0.121. The molecule has 0 saturated carbocycles. The Morgan fingerprint density at radius 3 is 2.55 bits per heavy atom. The van der Waals surface area contributed by atoms with Crippen LogP contribution in [-0.2, 0) is 11.2 Å². The second-order valence-corrected chi connectivity index (χ2v) is 8.91. The Morgan fingerprint density at radius 2 is 1.87 bits per heavy atom. The summed E-state index contributed by atoms with van der Waals surface area (Å²) in [6.07, 6.45) is 2.21. The number of H-pyrrole nitrogens is 1. The normalized spacial score (nSPS) is 13.6. The summed E-state index contributed by atoms with van der Waals surface area (Å²) in [5.74, 6) is 0.375. The molecule has 0 bridgehead atoms. The fraction of sp³-hybridized carbons (Fsp3) is 0.440. The Morgan fingerprint density at radius 1 is 1.13 bits per heavy atom. The maximum atomic E-state index is 12.8. The van der Waals surface area contributed by atoms with Gasteiger partial charge in [-0.3, -0.25) is 9.78 Å². The number of aromatic nitrogens is 1. The number of carbonyl (C=O) groups excluding carboxylic acids is 1. The first-order valence-corrected chi connectivity index (χ1v) is 10.9. The van der Waals surface area contributed by atoms with Gasteiger partial charge in [-0.15, -0.1) is 0 Å². The van der Waals surface area contributed by atoms with Crippen LogP contribution in [0.1, 0.15) is 43.7 Å². The zero-order valence-corrected chi connectivity index (χ0v) is 18.9. The van der Waals surface area contributed by atoms with E-state index < -0.39 is 5.76 Å². The standard InChI is InChI=1S/C25H33N3O3/c1-17(2)12-20(19-8-6-5-7-9-19)15-24(29)26-16-21(28(3)4)13-18-10-11-22-23(14-18)31-25(30)27-22/h5-11,14,17,20-21H,12-13,15-16H2,1-4H3,(H,26,29)(H,27,30). The third-order valence-electron chi connectivity index (χ3n) is 5.68. The Kier molecular flexibility index (Phi) is 7.69. The molecule has 0 fully saturated rings. The van der Waals surface area contributed by atoms with E-state index >= 15 is 0 Å². The first-order valence-electron chi connectivity index (χ1n) is 10.9. The summed E-state index contributed by atoms with van der Waals surface area (Å²) in [6.45, 7) is 4.95. The Balaban J connectivity index is 1.61. The summed E-state index contributed by atoms with van der Waals surface area (Å²) >= 11 is 0. The van der Waals surface area contributed by atoms with Crippen LogP contribution in [0.4, 0.5) is 0 Å². The van der Waals surface area contributed by atoms with Crippen molar-refractivity contribution in [2.75, 3.05) is 20.6 Å². The largest absolute Gasteiger partial charge is 0.417 e. The molecule has 6 heteroatoms. The van der Waals surface area contributed by atoms with E-state index in [1.807, 2.05) is 50.5 Å². The van der Waals surface area contributed by atoms with Gasteiger partial charge in [-0.2, -0.15) is 0 Å². The molecule has 6 nitrogen and oxygen atoms in total. The molecular weight excluding hydrogens is 390 g/mol. The summed E-state index contributed by atoms with van der Waals surface area (Å²) in [5, 5.41) is 3.14. The summed E-state index contributed by atoms with van der Waals surface area (Å²) in [6, 6.07) is 16.2. The molecule has 1 amide bonds. The number of hydrogen-bond acceptors (Lipinski definition) is 4. The molecule has 3 aromatic rings. The highest BCUT2D eigenvalue weighted by atomic mass is 16.4. The maximum Gasteiger partial charge on any atom is 0.417 e. The van der Waals surface area contributed by atoms with Crippen molar-refractivity contribution in [3.8, 4) is 0 Å². The minimum absolute atomic E-state index is 0.0773. The molecule has 2 atom stereocenters. The molecule has 2 aromatic carbocycles. The summed E-state index contributed by atoms with van der Waals surface area (Å²) in [5.41, 5.74) is 3.53. The van der Waals surface area contributed by atoms with E-state index in [0.717, 1.165) is 18.4 Å². The second-order valence-electron chi connectivity index (χ2n) is 8.91. The molecule has 1 aromatic heterocycles. The van der Waals surface area contributed by atoms with E-state index in [1.165, 1.54) is 5.56 Å². The van der Waals surface area contributed by atoms with Gasteiger partial charge in [0.15, 0.2) is 5.58 Å². The minimum Gasteiger partial charge on any atom is -0.408 e. The van der Waals surface area contributed by atoms with E-state index in [9.17, 15) is 9.59 Å². The van der Waals surface area contributed by atoms with Gasteiger partial charge in [-0.05, 0) is 62.0 Å². The average molecular weight is 424 g/mol. The number of nitrogens with zero attached hydrogens (tertiary/aromatic N) is 1. The number of nitrogens with one attached hydrogen (secondary N) is 2. The van der Waals surface area contributed by atoms with E-state index in [2.05, 4.69) is 41.2 Å². The van der Waals surface area contributed by atoms with Crippen LogP contribution in [0.5, 0.6) is 0 Å². The molecule has 0 spiro atoms. The van der Waals surface area contributed by atoms with Crippen molar-refractivity contribution in [2.45, 2.75) is 45.1 Å². The molecule has 3 rings (SSSR count). The first-order chi connectivity index (χ1) is 14.8. The smallest absolute Gasteiger partial charge is 0.408 e. The quantitative estimate of drug-likeness (QED) is 0.518. The molecule has 0 aliphatic heterocycles. The zero-order chi connectivity index (χ0) is 22.4. The number of oxazole rings is 1. The van der Waals surface area contributed by atoms with Gasteiger partial charge in [0.2, 0.25) is 5.91 Å². The van der Waals surface area contributed by atoms with Crippen molar-refractivity contribution >= 4 is 17.0 Å². The molecule has 0 radical (unpaired) electrons. The zero-order valence-electron chi connectivity index (χ0n) is 18.9. The van der Waals surface area contributed by atoms with Crippen LogP contribution in [0.2, 0.25) is 0 Å². The third-order valence-corrected chi connectivity index (χ3v) is 5.68. The van der Waals surface area contributed by atoms with Gasteiger partial charge < -0.3 is 14.6 Å². The maximum absolute atomic E-state index is 12.8. The molecular formula is C25H33N3O3. The van der Waals surface area contributed by atoms with E-state index in [0.29, 0.717) is 30.0 Å². The van der Waals surface area contributed by atoms with Crippen molar-refractivity contribution in [1.29, 1.82) is 0 Å². The molecule has 0 aliphatic rings. The van der Waals surface area contributed by atoms with Crippen LogP contribution in [0.25, 0.3) is 11.1 Å². The van der Waals surface area contributed by atoms with Crippen molar-refractivity contribution in [3.05, 3.63) is 70.2 Å². The lowest BCUT2D eigenvalue weighted by Gasteiger charge is -2.25. The van der Waals surface area contributed by atoms with Gasteiger partial charge >= 0.3 is 5.76 Å². The SMILES string of the molecule is CC(C)CC(CC(=O)NCC(Cc1ccc2[nH]c(=O)oc2c1)N(C)C)c1ccccc1. The lowest BCUT2D eigenvalue weighted by Crippen LogP contribution is -2.41. The highest BCUT2D eigenvalue weighted by Crippen LogP contribution is 2.27. The molecule has 1 heterocycles. The molecule has 31 heavy (non-hydrogen) atoms. The van der Waals surface area contributed by atoms with Gasteiger partial charge in [0.05, 0.1) is 5.52 Å². The van der Waals surface area contributed by atoms with Crippen molar-refractivity contribution in [1.82, 2.24) is 15.2 Å². The number of amides is 1. The highest BCUT2D eigenvalue weighted by molar-refractivity contribution is 5.77. The minimum atomic E-state index is -0.446. The van der Waals surface area contributed by atoms with Crippen molar-refractivity contribution in [3.63, 3.8) is 0 Å². The Labute approximate surface area is 183 Å². The fourth-order valence-electron chi connectivity index (χ4n) is 3.99. The van der Waals surface area contributed by atoms with Crippen LogP contribution in [0.3, 0.4) is 0 Å². The van der Waals surface area contributed by atoms with Gasteiger partial charge in [0.25, 0.3) is 0 Å². The predicted molar refractivity (Wildman–Crippen MR) is 124 cm³/mol. The van der Waals surface area contributed by atoms with Gasteiger partial charge in [0, 0.05) is 19.0 Å². The molecule has 2 unspecified atom stereocenters. The Hall–Kier alpha value is -2.86. The lowest BCUT2D eigenvalue weighted by atomic mass is 9.87. The molecule has 166 valence electrons. The highest BCUT2D eigenvalue weighted by Gasteiger charge is 2.19. The summed E-state index contributed by atoms with van der Waals surface area (Å²) in [7, 11) is 4.02. The van der Waals surface area contributed by atoms with Crippen LogP contribution in [0.15, 0.2) is 57.7 Å². The number of likely N-dealkylation sites (N-methyl/N-ethyl adjacent to an activating group) is 1. The number of aromatic amines is 1. The van der Waals surface area contributed by atoms with Crippen LogP contribution >= 0.6 is 0 Å². The van der Waals surface area contributed by atoms with Crippen molar-refractivity contribution in [2.24, 2.45) is 5.92 Å². The molecule has 0 aliphatic carbocycles. The van der Waals surface area contributed by atoms with E-state index in [4.69, 9.17) is 4.42 Å². The summed E-state index contributed by atoms with van der Waals surface area (Å²) in [4.78, 5) is 28.9. The fourth-order valence-corrected chi connectivity index (χ4v) is 3.99. The van der Waals surface area contributed by atoms with Gasteiger partial charge in [-0.25, -0.2) is 4.79 Å². The van der Waals surface area contributed by atoms with Crippen LogP contribution < -0.4 is 11.1 Å². The van der Waals surface area contributed by atoms with Crippen molar-refractivity contribution < 1.29 is 9.21 Å². The molecule has 2 N–H and O–H groups in total. The van der Waals surface area contributed by atoms with E-state index in [1.54, 1.807) is 0 Å². The number of carbonyl (C=O) groups is 1. The monoisotopic (exact) mass is 423 g/mol. The predicted octanol–water partition coefficient (Wildman–Crippen LogP) is 3.93. The van der Waals surface area contributed by atoms with Gasteiger partial charge in [0.1, 0.15) is 0 Å². The summed E-state index contributed by atoms with van der Waals surface area (Å²) < 4.78 is 5.17. The number of fused-ring (bicyclic) bond motifs is 1.